The molecule has 2 aromatic heterocycles. The first-order chi connectivity index (χ1) is 8.33. The fourth-order valence-corrected chi connectivity index (χ4v) is 1.93. The molecular weight excluding hydrogens is 214 g/mol. The zero-order valence-corrected chi connectivity index (χ0v) is 10.0. The summed E-state index contributed by atoms with van der Waals surface area (Å²) < 4.78 is 7.65. The second-order valence-corrected chi connectivity index (χ2v) is 4.63. The summed E-state index contributed by atoms with van der Waals surface area (Å²) in [7, 11) is 0. The molecule has 4 nitrogen and oxygen atoms in total. The minimum atomic E-state index is 0.729. The van der Waals surface area contributed by atoms with Crippen LogP contribution in [-0.4, -0.2) is 15.6 Å². The van der Waals surface area contributed by atoms with Gasteiger partial charge >= 0.3 is 0 Å². The van der Waals surface area contributed by atoms with Gasteiger partial charge in [-0.2, -0.15) is 0 Å². The van der Waals surface area contributed by atoms with E-state index in [0.29, 0.717) is 0 Å². The molecule has 1 aliphatic rings. The summed E-state index contributed by atoms with van der Waals surface area (Å²) in [5, 5.41) is 3.51. The summed E-state index contributed by atoms with van der Waals surface area (Å²) in [4.78, 5) is 4.22. The topological polar surface area (TPSA) is 43.0 Å². The number of aryl methyl sites for hydroxylation is 1. The maximum absolute atomic E-state index is 5.56. The minimum Gasteiger partial charge on any atom is -0.467 e. The molecule has 1 saturated carbocycles. The van der Waals surface area contributed by atoms with Crippen LogP contribution in [0.4, 0.5) is 0 Å². The van der Waals surface area contributed by atoms with Crippen molar-refractivity contribution in [1.82, 2.24) is 14.9 Å². The number of hydrogen-bond donors (Lipinski definition) is 1. The van der Waals surface area contributed by atoms with Crippen LogP contribution in [0, 0.1) is 6.92 Å². The summed E-state index contributed by atoms with van der Waals surface area (Å²) in [6.45, 7) is 3.68. The van der Waals surface area contributed by atoms with E-state index < -0.39 is 0 Å². The van der Waals surface area contributed by atoms with Gasteiger partial charge in [0.05, 0.1) is 12.8 Å². The van der Waals surface area contributed by atoms with Crippen molar-refractivity contribution in [2.75, 3.05) is 0 Å². The molecule has 3 rings (SSSR count). The normalized spacial score (nSPS) is 15.4. The van der Waals surface area contributed by atoms with Gasteiger partial charge in [0, 0.05) is 30.5 Å². The Bertz CT molecular complexity index is 496. The zero-order valence-electron chi connectivity index (χ0n) is 10.0. The summed E-state index contributed by atoms with van der Waals surface area (Å²) in [6, 6.07) is 2.78. The Labute approximate surface area is 101 Å². The second-order valence-electron chi connectivity index (χ2n) is 4.63. The Hall–Kier alpha value is -1.55. The van der Waals surface area contributed by atoms with Gasteiger partial charge in [-0.15, -0.1) is 0 Å². The molecule has 0 amide bonds. The first-order valence-electron chi connectivity index (χ1n) is 6.09. The molecule has 90 valence electrons. The third-order valence-corrected chi connectivity index (χ3v) is 3.23. The van der Waals surface area contributed by atoms with Crippen molar-refractivity contribution >= 4 is 0 Å². The lowest BCUT2D eigenvalue weighted by Crippen LogP contribution is -2.16. The van der Waals surface area contributed by atoms with E-state index in [9.17, 15) is 0 Å². The smallest absolute Gasteiger partial charge is 0.127 e. The highest BCUT2D eigenvalue weighted by Gasteiger charge is 2.20. The van der Waals surface area contributed by atoms with Crippen molar-refractivity contribution in [3.05, 3.63) is 41.9 Å². The van der Waals surface area contributed by atoms with E-state index in [2.05, 4.69) is 20.9 Å². The van der Waals surface area contributed by atoms with Crippen molar-refractivity contribution < 1.29 is 4.42 Å². The number of imidazole rings is 1. The van der Waals surface area contributed by atoms with Gasteiger partial charge < -0.3 is 14.3 Å². The standard InChI is InChI=1S/C13H17N3O/c1-10-14-5-6-16(10)9-13-11(4-7-17-13)8-15-12-2-3-12/h4-7,12,15H,2-3,8-9H2,1H3. The number of rotatable bonds is 5. The molecule has 0 saturated heterocycles. The first kappa shape index (κ1) is 10.6. The molecule has 4 heteroatoms. The molecule has 2 aromatic rings. The van der Waals surface area contributed by atoms with Gasteiger partial charge in [-0.3, -0.25) is 0 Å². The van der Waals surface area contributed by atoms with Crippen LogP contribution in [0.1, 0.15) is 30.0 Å². The quantitative estimate of drug-likeness (QED) is 0.856. The van der Waals surface area contributed by atoms with E-state index in [1.807, 2.05) is 19.3 Å². The van der Waals surface area contributed by atoms with Gasteiger partial charge in [-0.25, -0.2) is 4.98 Å². The van der Waals surface area contributed by atoms with Crippen LogP contribution in [0.15, 0.2) is 29.1 Å². The molecule has 0 aliphatic heterocycles. The third kappa shape index (κ3) is 2.42. The van der Waals surface area contributed by atoms with Crippen molar-refractivity contribution in [1.29, 1.82) is 0 Å². The predicted octanol–water partition coefficient (Wildman–Crippen LogP) is 2.08. The third-order valence-electron chi connectivity index (χ3n) is 3.23. The highest BCUT2D eigenvalue weighted by Crippen LogP contribution is 2.20. The van der Waals surface area contributed by atoms with Crippen molar-refractivity contribution in [3.8, 4) is 0 Å². The van der Waals surface area contributed by atoms with Gasteiger partial charge in [-0.1, -0.05) is 0 Å². The molecule has 0 unspecified atom stereocenters. The van der Waals surface area contributed by atoms with Crippen molar-refractivity contribution in [3.63, 3.8) is 0 Å². The largest absolute Gasteiger partial charge is 0.467 e. The highest BCUT2D eigenvalue weighted by atomic mass is 16.3. The minimum absolute atomic E-state index is 0.729. The van der Waals surface area contributed by atoms with Crippen LogP contribution in [-0.2, 0) is 13.1 Å². The van der Waals surface area contributed by atoms with E-state index in [4.69, 9.17) is 4.42 Å². The molecule has 1 aliphatic carbocycles. The number of aromatic nitrogens is 2. The van der Waals surface area contributed by atoms with Crippen LogP contribution in [0.2, 0.25) is 0 Å². The molecular formula is C13H17N3O. The maximum Gasteiger partial charge on any atom is 0.127 e. The Morgan fingerprint density at radius 3 is 3.12 bits per heavy atom. The lowest BCUT2D eigenvalue weighted by Gasteiger charge is -2.06. The average Bonchev–Trinajstić information content (AvgIpc) is 2.92. The fraction of sp³-hybridized carbons (Fsp3) is 0.462. The number of hydrogen-bond acceptors (Lipinski definition) is 3. The maximum atomic E-state index is 5.56. The molecule has 0 atom stereocenters. The summed E-state index contributed by atoms with van der Waals surface area (Å²) in [5.74, 6) is 2.04. The van der Waals surface area contributed by atoms with Gasteiger partial charge in [-0.05, 0) is 25.8 Å². The summed E-state index contributed by atoms with van der Waals surface area (Å²) in [5.41, 5.74) is 1.25. The number of furan rings is 1. The Morgan fingerprint density at radius 1 is 1.53 bits per heavy atom. The van der Waals surface area contributed by atoms with Crippen LogP contribution in [0.5, 0.6) is 0 Å². The van der Waals surface area contributed by atoms with E-state index in [0.717, 1.165) is 30.7 Å². The molecule has 0 radical (unpaired) electrons. The summed E-state index contributed by atoms with van der Waals surface area (Å²) in [6.07, 6.45) is 8.20. The van der Waals surface area contributed by atoms with Crippen LogP contribution < -0.4 is 5.32 Å². The molecule has 17 heavy (non-hydrogen) atoms. The predicted molar refractivity (Wildman–Crippen MR) is 64.6 cm³/mol. The average molecular weight is 231 g/mol. The van der Waals surface area contributed by atoms with Crippen LogP contribution in [0.25, 0.3) is 0 Å². The lowest BCUT2D eigenvalue weighted by atomic mass is 10.2. The van der Waals surface area contributed by atoms with Crippen molar-refractivity contribution in [2.24, 2.45) is 0 Å². The van der Waals surface area contributed by atoms with Crippen LogP contribution in [0.3, 0.4) is 0 Å². The monoisotopic (exact) mass is 231 g/mol. The molecule has 0 aromatic carbocycles. The second kappa shape index (κ2) is 4.37. The molecule has 1 fully saturated rings. The van der Waals surface area contributed by atoms with Crippen LogP contribution >= 0.6 is 0 Å². The first-order valence-corrected chi connectivity index (χ1v) is 6.09. The van der Waals surface area contributed by atoms with Gasteiger partial charge in [0.15, 0.2) is 0 Å². The Morgan fingerprint density at radius 2 is 2.41 bits per heavy atom. The van der Waals surface area contributed by atoms with Gasteiger partial charge in [0.25, 0.3) is 0 Å². The molecule has 0 spiro atoms. The molecule has 1 N–H and O–H groups in total. The Kier molecular flexibility index (Phi) is 2.73. The van der Waals surface area contributed by atoms with Crippen molar-refractivity contribution in [2.45, 2.75) is 38.9 Å². The van der Waals surface area contributed by atoms with E-state index in [1.54, 1.807) is 6.26 Å². The molecule has 2 heterocycles. The Balaban J connectivity index is 1.69. The van der Waals surface area contributed by atoms with E-state index in [1.165, 1.54) is 18.4 Å². The van der Waals surface area contributed by atoms with Gasteiger partial charge in [0.2, 0.25) is 0 Å². The van der Waals surface area contributed by atoms with E-state index in [-0.39, 0.29) is 0 Å². The fourth-order valence-electron chi connectivity index (χ4n) is 1.93. The number of nitrogens with one attached hydrogen (secondary N) is 1. The number of nitrogens with zero attached hydrogens (tertiary/aromatic N) is 2. The molecule has 0 bridgehead atoms. The van der Waals surface area contributed by atoms with Gasteiger partial charge in [0.1, 0.15) is 11.6 Å². The SMILES string of the molecule is Cc1nccn1Cc1occc1CNC1CC1. The highest BCUT2D eigenvalue weighted by molar-refractivity contribution is 5.18. The summed E-state index contributed by atoms with van der Waals surface area (Å²) >= 11 is 0. The van der Waals surface area contributed by atoms with E-state index >= 15 is 0 Å². The zero-order chi connectivity index (χ0) is 11.7. The lowest BCUT2D eigenvalue weighted by molar-refractivity contribution is 0.482.